The third-order valence-electron chi connectivity index (χ3n) is 2.61. The number of hydrogen-bond acceptors (Lipinski definition) is 5. The zero-order valence-corrected chi connectivity index (χ0v) is 11.2. The van der Waals surface area contributed by atoms with Crippen LogP contribution in [0.1, 0.15) is 5.56 Å². The molecule has 5 heteroatoms. The molecule has 0 spiro atoms. The molecule has 2 N–H and O–H groups in total. The van der Waals surface area contributed by atoms with Gasteiger partial charge in [-0.3, -0.25) is 0 Å². The van der Waals surface area contributed by atoms with Crippen LogP contribution in [0.3, 0.4) is 0 Å². The molecular weight excluding hydrogens is 262 g/mol. The molecule has 0 aliphatic carbocycles. The maximum atomic E-state index is 5.65. The van der Waals surface area contributed by atoms with Crippen LogP contribution in [-0.4, -0.2) is 9.97 Å². The molecule has 0 aliphatic rings. The van der Waals surface area contributed by atoms with Crippen molar-refractivity contribution in [3.05, 3.63) is 46.1 Å². The number of hydrogen-bond donors (Lipinski definition) is 1. The molecule has 0 atom stereocenters. The second-order valence-electron chi connectivity index (χ2n) is 3.82. The number of aromatic nitrogens is 2. The first kappa shape index (κ1) is 11.5. The van der Waals surface area contributed by atoms with E-state index in [0.717, 1.165) is 27.5 Å². The van der Waals surface area contributed by atoms with E-state index in [1.54, 1.807) is 22.7 Å². The molecule has 3 aromatic rings. The summed E-state index contributed by atoms with van der Waals surface area (Å²) in [6, 6.07) is 8.19. The fourth-order valence-electron chi connectivity index (χ4n) is 1.69. The first-order valence-corrected chi connectivity index (χ1v) is 7.32. The molecule has 0 radical (unpaired) electrons. The Morgan fingerprint density at radius 3 is 2.89 bits per heavy atom. The smallest absolute Gasteiger partial charge is 0.124 e. The summed E-state index contributed by atoms with van der Waals surface area (Å²) in [4.78, 5) is 8.89. The van der Waals surface area contributed by atoms with E-state index < -0.39 is 0 Å². The van der Waals surface area contributed by atoms with E-state index in [-0.39, 0.29) is 0 Å². The van der Waals surface area contributed by atoms with Crippen molar-refractivity contribution in [1.82, 2.24) is 9.97 Å². The second-order valence-corrected chi connectivity index (χ2v) is 5.39. The molecule has 0 bridgehead atoms. The van der Waals surface area contributed by atoms with Gasteiger partial charge in [-0.15, -0.1) is 22.7 Å². The van der Waals surface area contributed by atoms with Crippen molar-refractivity contribution < 1.29 is 0 Å². The molecule has 1 aromatic carbocycles. The minimum atomic E-state index is 0.554. The zero-order valence-electron chi connectivity index (χ0n) is 9.54. The average molecular weight is 273 g/mol. The fourth-order valence-corrected chi connectivity index (χ4v) is 3.05. The van der Waals surface area contributed by atoms with Gasteiger partial charge < -0.3 is 5.73 Å². The van der Waals surface area contributed by atoms with Crippen molar-refractivity contribution in [1.29, 1.82) is 0 Å². The van der Waals surface area contributed by atoms with Crippen LogP contribution >= 0.6 is 22.7 Å². The number of nitrogens with two attached hydrogens (primary N) is 1. The van der Waals surface area contributed by atoms with Gasteiger partial charge in [0.05, 0.1) is 5.51 Å². The van der Waals surface area contributed by atoms with Gasteiger partial charge in [-0.05, 0) is 11.6 Å². The van der Waals surface area contributed by atoms with Gasteiger partial charge in [0.25, 0.3) is 0 Å². The van der Waals surface area contributed by atoms with Crippen LogP contribution < -0.4 is 5.73 Å². The van der Waals surface area contributed by atoms with E-state index >= 15 is 0 Å². The van der Waals surface area contributed by atoms with Gasteiger partial charge in [0, 0.05) is 22.9 Å². The molecule has 0 saturated carbocycles. The lowest BCUT2D eigenvalue weighted by atomic mass is 10.1. The highest BCUT2D eigenvalue weighted by atomic mass is 32.1. The van der Waals surface area contributed by atoms with Crippen LogP contribution in [0.4, 0.5) is 0 Å². The van der Waals surface area contributed by atoms with Crippen molar-refractivity contribution in [2.45, 2.75) is 6.54 Å². The van der Waals surface area contributed by atoms with Crippen molar-refractivity contribution in [3.8, 4) is 22.0 Å². The van der Waals surface area contributed by atoms with Crippen LogP contribution in [0.5, 0.6) is 0 Å². The van der Waals surface area contributed by atoms with Gasteiger partial charge in [-0.2, -0.15) is 0 Å². The van der Waals surface area contributed by atoms with Crippen LogP contribution in [0, 0.1) is 0 Å². The van der Waals surface area contributed by atoms with Gasteiger partial charge in [0.1, 0.15) is 16.4 Å². The van der Waals surface area contributed by atoms with E-state index in [1.165, 1.54) is 0 Å². The highest BCUT2D eigenvalue weighted by Gasteiger charge is 2.08. The third kappa shape index (κ3) is 2.20. The largest absolute Gasteiger partial charge is 0.326 e. The first-order valence-electron chi connectivity index (χ1n) is 5.50. The quantitative estimate of drug-likeness (QED) is 0.795. The SMILES string of the molecule is NCc1cccc(-c2nc(-c3cscn3)cs2)c1. The number of benzene rings is 1. The maximum Gasteiger partial charge on any atom is 0.124 e. The number of thiazole rings is 2. The fraction of sp³-hybridized carbons (Fsp3) is 0.0769. The lowest BCUT2D eigenvalue weighted by molar-refractivity contribution is 1.07. The van der Waals surface area contributed by atoms with Crippen LogP contribution in [0.15, 0.2) is 40.5 Å². The molecule has 0 amide bonds. The zero-order chi connectivity index (χ0) is 12.4. The Balaban J connectivity index is 1.97. The molecule has 0 aliphatic heterocycles. The minimum Gasteiger partial charge on any atom is -0.326 e. The van der Waals surface area contributed by atoms with E-state index in [4.69, 9.17) is 5.73 Å². The Bertz CT molecular complexity index is 644. The highest BCUT2D eigenvalue weighted by Crippen LogP contribution is 2.29. The second kappa shape index (κ2) is 4.97. The Morgan fingerprint density at radius 2 is 2.11 bits per heavy atom. The average Bonchev–Trinajstić information content (AvgIpc) is 3.09. The molecule has 0 fully saturated rings. The molecule has 3 rings (SSSR count). The molecule has 0 saturated heterocycles. The number of rotatable bonds is 3. The minimum absolute atomic E-state index is 0.554. The van der Waals surface area contributed by atoms with Crippen LogP contribution in [0.25, 0.3) is 22.0 Å². The van der Waals surface area contributed by atoms with E-state index in [1.807, 2.05) is 28.4 Å². The van der Waals surface area contributed by atoms with Crippen LogP contribution in [0.2, 0.25) is 0 Å². The Hall–Kier alpha value is -1.56. The standard InChI is InChI=1S/C13H11N3S2/c14-5-9-2-1-3-10(4-9)13-16-12(7-18-13)11-6-17-8-15-11/h1-4,6-8H,5,14H2. The van der Waals surface area contributed by atoms with Crippen LogP contribution in [-0.2, 0) is 6.54 Å². The third-order valence-corrected chi connectivity index (χ3v) is 4.09. The molecule has 3 nitrogen and oxygen atoms in total. The summed E-state index contributed by atoms with van der Waals surface area (Å²) in [5.74, 6) is 0. The Kier molecular flexibility index (Phi) is 3.19. The highest BCUT2D eigenvalue weighted by molar-refractivity contribution is 7.13. The molecule has 90 valence electrons. The molecule has 2 aromatic heterocycles. The van der Waals surface area contributed by atoms with E-state index in [2.05, 4.69) is 22.1 Å². The number of nitrogens with zero attached hydrogens (tertiary/aromatic N) is 2. The summed E-state index contributed by atoms with van der Waals surface area (Å²) in [5.41, 5.74) is 11.6. The van der Waals surface area contributed by atoms with Crippen molar-refractivity contribution in [2.75, 3.05) is 0 Å². The topological polar surface area (TPSA) is 51.8 Å². The van der Waals surface area contributed by atoms with Crippen molar-refractivity contribution in [3.63, 3.8) is 0 Å². The van der Waals surface area contributed by atoms with Gasteiger partial charge in [-0.1, -0.05) is 18.2 Å². The lowest BCUT2D eigenvalue weighted by Crippen LogP contribution is -1.95. The summed E-state index contributed by atoms with van der Waals surface area (Å²) in [7, 11) is 0. The van der Waals surface area contributed by atoms with E-state index in [0.29, 0.717) is 6.54 Å². The normalized spacial score (nSPS) is 10.7. The van der Waals surface area contributed by atoms with Gasteiger partial charge in [-0.25, -0.2) is 9.97 Å². The molecule has 0 unspecified atom stereocenters. The van der Waals surface area contributed by atoms with Crippen molar-refractivity contribution in [2.24, 2.45) is 5.73 Å². The van der Waals surface area contributed by atoms with Gasteiger partial charge >= 0.3 is 0 Å². The monoisotopic (exact) mass is 273 g/mol. The van der Waals surface area contributed by atoms with Gasteiger partial charge in [0.15, 0.2) is 0 Å². The predicted molar refractivity (Wildman–Crippen MR) is 76.5 cm³/mol. The van der Waals surface area contributed by atoms with E-state index in [9.17, 15) is 0 Å². The summed E-state index contributed by atoms with van der Waals surface area (Å²) < 4.78 is 0. The Labute approximate surface area is 113 Å². The summed E-state index contributed by atoms with van der Waals surface area (Å²) in [6.45, 7) is 0.554. The lowest BCUT2D eigenvalue weighted by Gasteiger charge is -1.99. The molecule has 18 heavy (non-hydrogen) atoms. The molecular formula is C13H11N3S2. The Morgan fingerprint density at radius 1 is 1.17 bits per heavy atom. The predicted octanol–water partition coefficient (Wildman–Crippen LogP) is 3.39. The summed E-state index contributed by atoms with van der Waals surface area (Å²) in [6.07, 6.45) is 0. The first-order chi connectivity index (χ1) is 8.86. The summed E-state index contributed by atoms with van der Waals surface area (Å²) in [5, 5.41) is 5.06. The van der Waals surface area contributed by atoms with Crippen molar-refractivity contribution >= 4 is 22.7 Å². The maximum absolute atomic E-state index is 5.65. The molecule has 2 heterocycles. The van der Waals surface area contributed by atoms with Gasteiger partial charge in [0.2, 0.25) is 0 Å². The summed E-state index contributed by atoms with van der Waals surface area (Å²) >= 11 is 3.22.